The fourth-order valence-electron chi connectivity index (χ4n) is 9.11. The first-order valence-electron chi connectivity index (χ1n) is 28.2. The second kappa shape index (κ2) is 30.3. The van der Waals surface area contributed by atoms with E-state index in [0.29, 0.717) is 27.0 Å². The summed E-state index contributed by atoms with van der Waals surface area (Å²) in [6.45, 7) is 17.5. The van der Waals surface area contributed by atoms with Gasteiger partial charge in [-0.05, 0) is 86.8 Å². The number of rotatable bonds is 22. The average molecular weight is 1190 g/mol. The highest BCUT2D eigenvalue weighted by Gasteiger charge is 2.48. The van der Waals surface area contributed by atoms with E-state index in [1.165, 1.54) is 20.1 Å². The Hall–Kier alpha value is -7.60. The first kappa shape index (κ1) is 67.2. The van der Waals surface area contributed by atoms with Gasteiger partial charge < -0.3 is 61.0 Å². The molecule has 7 N–H and O–H groups in total. The number of carbonyl (C=O) groups excluding carboxylic acids is 11. The molecule has 0 spiro atoms. The van der Waals surface area contributed by atoms with Gasteiger partial charge in [0, 0.05) is 63.6 Å². The first-order chi connectivity index (χ1) is 39.5. The molecule has 24 nitrogen and oxygen atoms in total. The van der Waals surface area contributed by atoms with Gasteiger partial charge in [0.2, 0.25) is 35.4 Å². The maximum absolute atomic E-state index is 14.2. The van der Waals surface area contributed by atoms with Crippen molar-refractivity contribution in [3.05, 3.63) is 76.3 Å². The van der Waals surface area contributed by atoms with E-state index < -0.39 is 131 Å². The number of hydrogen-bond acceptors (Lipinski definition) is 16. The van der Waals surface area contributed by atoms with E-state index >= 15 is 0 Å². The highest BCUT2D eigenvalue weighted by Crippen LogP contribution is 2.45. The molecule has 0 unspecified atom stereocenters. The maximum atomic E-state index is 14.2. The van der Waals surface area contributed by atoms with Crippen LogP contribution in [0.15, 0.2) is 54.6 Å². The normalized spacial score (nSPS) is 22.7. The molecule has 2 saturated heterocycles. The molecular weight excluding hydrogens is 1110 g/mol. The number of carbonyl (C=O) groups is 11. The van der Waals surface area contributed by atoms with Crippen LogP contribution in [-0.2, 0) is 80.0 Å². The van der Waals surface area contributed by atoms with Crippen LogP contribution < -0.4 is 42.0 Å². The van der Waals surface area contributed by atoms with Crippen molar-refractivity contribution in [2.45, 2.75) is 176 Å². The molecule has 2 fully saturated rings. The highest BCUT2D eigenvalue weighted by molar-refractivity contribution is 6.32. The molecule has 9 atom stereocenters. The Morgan fingerprint density at radius 1 is 0.833 bits per heavy atom. The van der Waals surface area contributed by atoms with Crippen LogP contribution in [0.2, 0.25) is 5.02 Å². The average Bonchev–Trinajstić information content (AvgIpc) is 4.07. The zero-order valence-corrected chi connectivity index (χ0v) is 50.4. The number of hydroxylamine groups is 2. The molecule has 0 aromatic heterocycles. The minimum absolute atomic E-state index is 0.00295. The molecule has 84 heavy (non-hydrogen) atoms. The van der Waals surface area contributed by atoms with Gasteiger partial charge >= 0.3 is 18.0 Å². The van der Waals surface area contributed by atoms with Gasteiger partial charge in [0.25, 0.3) is 11.8 Å². The molecule has 2 aromatic carbocycles. The number of ether oxygens (including phenoxy) is 4. The van der Waals surface area contributed by atoms with Crippen LogP contribution in [0.5, 0.6) is 5.75 Å². The molecule has 0 aliphatic carbocycles. The first-order valence-corrected chi connectivity index (χ1v) is 28.6. The van der Waals surface area contributed by atoms with E-state index in [-0.39, 0.29) is 77.0 Å². The number of amides is 9. The Kier molecular flexibility index (Phi) is 24.2. The van der Waals surface area contributed by atoms with E-state index in [0.717, 1.165) is 5.56 Å². The van der Waals surface area contributed by atoms with Gasteiger partial charge in [-0.25, -0.2) is 14.4 Å². The highest BCUT2D eigenvalue weighted by atomic mass is 35.5. The van der Waals surface area contributed by atoms with Crippen LogP contribution >= 0.6 is 11.6 Å². The molecule has 2 aromatic rings. The van der Waals surface area contributed by atoms with Gasteiger partial charge in [-0.1, -0.05) is 89.6 Å². The summed E-state index contributed by atoms with van der Waals surface area (Å²) in [5, 5.41) is 19.7. The monoisotopic (exact) mass is 1190 g/mol. The number of halogens is 1. The number of alkyl carbamates (subject to hydrolysis) is 1. The number of nitrogens with one attached hydrogen (secondary N) is 7. The summed E-state index contributed by atoms with van der Waals surface area (Å²) in [7, 11) is 1.49. The van der Waals surface area contributed by atoms with Crippen molar-refractivity contribution in [1.29, 1.82) is 0 Å². The third kappa shape index (κ3) is 20.0. The van der Waals surface area contributed by atoms with Crippen molar-refractivity contribution < 1.29 is 76.5 Å². The van der Waals surface area contributed by atoms with Crippen LogP contribution in [0.4, 0.5) is 4.79 Å². The van der Waals surface area contributed by atoms with Crippen molar-refractivity contribution >= 4 is 76.9 Å². The Bertz CT molecular complexity index is 2770. The number of benzene rings is 2. The van der Waals surface area contributed by atoms with Crippen LogP contribution in [0, 0.1) is 22.7 Å². The Morgan fingerprint density at radius 2 is 1.49 bits per heavy atom. The van der Waals surface area contributed by atoms with Gasteiger partial charge in [0.15, 0.2) is 0 Å². The third-order valence-corrected chi connectivity index (χ3v) is 14.9. The molecule has 5 rings (SSSR count). The van der Waals surface area contributed by atoms with Crippen molar-refractivity contribution in [2.24, 2.45) is 22.7 Å². The topological polar surface area (TPSA) is 325 Å². The molecule has 0 bridgehead atoms. The minimum atomic E-state index is -1.23. The molecule has 0 radical (unpaired) electrons. The maximum Gasteiger partial charge on any atom is 0.407 e. The van der Waals surface area contributed by atoms with Crippen LogP contribution in [0.1, 0.15) is 137 Å². The summed E-state index contributed by atoms with van der Waals surface area (Å²) in [6, 6.07) is 7.35. The van der Waals surface area contributed by atoms with Crippen LogP contribution in [0.3, 0.4) is 0 Å². The fraction of sp³-hybridized carbons (Fsp3) is 0.576. The van der Waals surface area contributed by atoms with Crippen molar-refractivity contribution in [2.75, 3.05) is 20.2 Å². The second-order valence-electron chi connectivity index (χ2n) is 23.4. The fourth-order valence-corrected chi connectivity index (χ4v) is 9.39. The molecule has 0 saturated carbocycles. The van der Waals surface area contributed by atoms with Gasteiger partial charge in [0.1, 0.15) is 48.7 Å². The van der Waals surface area contributed by atoms with Crippen molar-refractivity contribution in [3.8, 4) is 5.75 Å². The number of esters is 1. The number of hydrogen-bond donors (Lipinski definition) is 7. The lowest BCUT2D eigenvalue weighted by Gasteiger charge is -2.35. The van der Waals surface area contributed by atoms with Gasteiger partial charge in [-0.15, -0.1) is 5.06 Å². The lowest BCUT2D eigenvalue weighted by molar-refractivity contribution is -0.197. The largest absolute Gasteiger partial charge is 0.495 e. The predicted molar refractivity (Wildman–Crippen MR) is 304 cm³/mol. The summed E-state index contributed by atoms with van der Waals surface area (Å²) in [5.74, 6) is -6.40. The summed E-state index contributed by atoms with van der Waals surface area (Å²) < 4.78 is 23.1. The van der Waals surface area contributed by atoms with E-state index in [1.807, 2.05) is 39.8 Å². The lowest BCUT2D eigenvalue weighted by atomic mass is 9.82. The predicted octanol–water partition coefficient (Wildman–Crippen LogP) is 4.24. The molecule has 3 aliphatic rings. The summed E-state index contributed by atoms with van der Waals surface area (Å²) in [5.41, 5.74) is 0.468. The van der Waals surface area contributed by atoms with Crippen molar-refractivity contribution in [1.82, 2.24) is 42.3 Å². The molecule has 460 valence electrons. The quantitative estimate of drug-likeness (QED) is 0.0375. The standard InChI is InChI=1S/C59H81ClN8O16/c1-32(2)49(67-45(70)16-13-17-48(73)84-68-46(71)24-25-47(68)72)54(76)63-34(4)52(74)61-26-27-62-57(79)81-31-36-18-21-38(22-19-36)51-50(83-51)33(3)42-14-12-15-44(69)65-40(29-37-20-23-43(80-11)39(60)28-37)53(75)64-35(5)59(9,10)56(78)66-41(55(77)82-42)30-58(6,7)8/h12,15,18-23,28,32-35,40-42,49-51H,13-14,16-17,24-27,29-31H2,1-11H3,(H,61,74)(H,62,79)(H,63,76)(H,64,75)(H,65,69)(H,66,78)(H,67,70)/b15-12-/t33-,34-,35-,40+,41-,42-,49-,50+,51+/m0/s1. The number of nitrogens with zero attached hydrogens (tertiary/aromatic N) is 1. The number of cyclic esters (lactones) is 1. The van der Waals surface area contributed by atoms with E-state index in [9.17, 15) is 52.7 Å². The zero-order chi connectivity index (χ0) is 62.2. The van der Waals surface area contributed by atoms with Gasteiger partial charge in [-0.2, -0.15) is 0 Å². The van der Waals surface area contributed by atoms with Gasteiger partial charge in [0.05, 0.1) is 23.7 Å². The second-order valence-corrected chi connectivity index (χ2v) is 23.8. The summed E-state index contributed by atoms with van der Waals surface area (Å²) >= 11 is 6.41. The molecule has 3 aliphatic heterocycles. The third-order valence-electron chi connectivity index (χ3n) is 14.6. The summed E-state index contributed by atoms with van der Waals surface area (Å²) in [4.78, 5) is 147. The van der Waals surface area contributed by atoms with Crippen molar-refractivity contribution in [3.63, 3.8) is 0 Å². The van der Waals surface area contributed by atoms with E-state index in [1.54, 1.807) is 71.0 Å². The molecule has 3 heterocycles. The number of methoxy groups -OCH3 is 1. The van der Waals surface area contributed by atoms with E-state index in [2.05, 4.69) is 37.2 Å². The van der Waals surface area contributed by atoms with E-state index in [4.69, 9.17) is 35.4 Å². The SMILES string of the molecule is COc1ccc(C[C@H]2NC(=O)/C=C\C[C@@H]([C@H](C)[C@H]3O[C@@H]3c3ccc(COC(=O)NCCNC(=O)[C@H](C)NC(=O)[C@@H](NC(=O)CCCC(=O)ON4C(=O)CCC4=O)C(C)C)cc3)OC(=O)[C@H](CC(C)(C)C)NC(=O)C(C)(C)[C@H](C)NC2=O)cc1Cl. The summed E-state index contributed by atoms with van der Waals surface area (Å²) in [6.07, 6.45) is 0.402. The zero-order valence-electron chi connectivity index (χ0n) is 49.6. The number of epoxide rings is 1. The van der Waals surface area contributed by atoms with Crippen LogP contribution in [0.25, 0.3) is 0 Å². The van der Waals surface area contributed by atoms with Gasteiger partial charge in [-0.3, -0.25) is 38.4 Å². The molecule has 25 heteroatoms. The molecular formula is C59H81ClN8O16. The number of imide groups is 1. The smallest absolute Gasteiger partial charge is 0.407 e. The molecule has 9 amide bonds. The Labute approximate surface area is 494 Å². The van der Waals surface area contributed by atoms with Crippen LogP contribution in [-0.4, -0.2) is 133 Å². The Morgan fingerprint density at radius 3 is 2.12 bits per heavy atom. The minimum Gasteiger partial charge on any atom is -0.495 e. The Balaban J connectivity index is 1.11. The lowest BCUT2D eigenvalue weighted by Crippen LogP contribution is -2.58.